The summed E-state index contributed by atoms with van der Waals surface area (Å²) < 4.78 is 14.1. The van der Waals surface area contributed by atoms with Crippen molar-refractivity contribution in [3.05, 3.63) is 69.9 Å². The van der Waals surface area contributed by atoms with Crippen LogP contribution in [-0.4, -0.2) is 16.5 Å². The van der Waals surface area contributed by atoms with Crippen LogP contribution >= 0.6 is 0 Å². The van der Waals surface area contributed by atoms with Gasteiger partial charge in [0.25, 0.3) is 5.70 Å². The topological polar surface area (TPSA) is 86.2 Å². The van der Waals surface area contributed by atoms with E-state index >= 15 is 0 Å². The smallest absolute Gasteiger partial charge is 0.266 e. The Morgan fingerprint density at radius 3 is 2.58 bits per heavy atom. The van der Waals surface area contributed by atoms with Gasteiger partial charge in [-0.3, -0.25) is 20.6 Å². The summed E-state index contributed by atoms with van der Waals surface area (Å²) in [6.45, 7) is 0. The Bertz CT molecular complexity index is 579. The zero-order valence-corrected chi connectivity index (χ0v) is 9.82. The molecule has 0 fully saturated rings. The van der Waals surface area contributed by atoms with Gasteiger partial charge in [0.05, 0.1) is 10.8 Å². The Hall–Kier alpha value is -2.34. The molecule has 0 radical (unpaired) electrons. The van der Waals surface area contributed by atoms with Crippen molar-refractivity contribution in [2.24, 2.45) is 11.7 Å². The van der Waals surface area contributed by atoms with Crippen LogP contribution < -0.4 is 5.73 Å². The molecule has 2 N–H and O–H groups in total. The van der Waals surface area contributed by atoms with Gasteiger partial charge in [0, 0.05) is 17.7 Å². The van der Waals surface area contributed by atoms with Gasteiger partial charge in [-0.1, -0.05) is 30.3 Å². The third-order valence-electron chi connectivity index (χ3n) is 2.88. The maximum absolute atomic E-state index is 14.1. The number of ketones is 1. The maximum atomic E-state index is 14.1. The first-order valence-electron chi connectivity index (χ1n) is 5.54. The number of hydrogen-bond donors (Lipinski definition) is 1. The molecule has 6 heteroatoms. The van der Waals surface area contributed by atoms with Crippen LogP contribution in [0.5, 0.6) is 0 Å². The number of hydrogen-bond acceptors (Lipinski definition) is 4. The SMILES string of the molecule is N[C@]1(F)C=CC([N+](=O)[O-])=C[C@@H]1C(=O)c1ccccc1. The van der Waals surface area contributed by atoms with Crippen molar-refractivity contribution in [2.45, 2.75) is 5.79 Å². The fourth-order valence-electron chi connectivity index (χ4n) is 1.85. The molecular formula is C13H11FN2O3. The standard InChI is InChI=1S/C13H11FN2O3/c14-13(15)7-6-10(16(18)19)8-11(13)12(17)9-4-2-1-3-5-9/h1-8,11H,15H2/t11-,13-/m1/s1. The summed E-state index contributed by atoms with van der Waals surface area (Å²) in [4.78, 5) is 22.2. The summed E-state index contributed by atoms with van der Waals surface area (Å²) in [6.07, 6.45) is 2.76. The Balaban J connectivity index is 2.39. The number of nitrogens with two attached hydrogens (primary N) is 1. The number of alkyl halides is 1. The van der Waals surface area contributed by atoms with Crippen molar-refractivity contribution in [1.82, 2.24) is 0 Å². The molecule has 0 heterocycles. The number of nitro groups is 1. The lowest BCUT2D eigenvalue weighted by Crippen LogP contribution is -2.45. The molecular weight excluding hydrogens is 251 g/mol. The number of benzene rings is 1. The van der Waals surface area contributed by atoms with Crippen LogP contribution in [0.4, 0.5) is 4.39 Å². The lowest BCUT2D eigenvalue weighted by Gasteiger charge is -2.25. The average Bonchev–Trinajstić information content (AvgIpc) is 2.38. The van der Waals surface area contributed by atoms with Gasteiger partial charge in [0.15, 0.2) is 11.6 Å². The third-order valence-corrected chi connectivity index (χ3v) is 2.88. The van der Waals surface area contributed by atoms with Gasteiger partial charge in [0.2, 0.25) is 0 Å². The van der Waals surface area contributed by atoms with Gasteiger partial charge in [0.1, 0.15) is 0 Å². The first-order chi connectivity index (χ1) is 8.92. The number of halogens is 1. The molecule has 19 heavy (non-hydrogen) atoms. The molecule has 0 unspecified atom stereocenters. The van der Waals surface area contributed by atoms with E-state index in [-0.39, 0.29) is 11.3 Å². The van der Waals surface area contributed by atoms with Crippen molar-refractivity contribution in [1.29, 1.82) is 0 Å². The molecule has 5 nitrogen and oxygen atoms in total. The second-order valence-corrected chi connectivity index (χ2v) is 4.22. The van der Waals surface area contributed by atoms with Gasteiger partial charge < -0.3 is 0 Å². The molecule has 0 aromatic heterocycles. The highest BCUT2D eigenvalue weighted by Crippen LogP contribution is 2.29. The molecule has 0 bridgehead atoms. The molecule has 1 aliphatic carbocycles. The Labute approximate surface area is 108 Å². The average molecular weight is 262 g/mol. The zero-order valence-electron chi connectivity index (χ0n) is 9.82. The van der Waals surface area contributed by atoms with E-state index in [4.69, 9.17) is 5.73 Å². The third kappa shape index (κ3) is 2.58. The Kier molecular flexibility index (Phi) is 3.26. The summed E-state index contributed by atoms with van der Waals surface area (Å²) in [7, 11) is 0. The summed E-state index contributed by atoms with van der Waals surface area (Å²) in [6, 6.07) is 7.98. The number of allylic oxidation sites excluding steroid dienone is 1. The molecule has 0 amide bonds. The highest BCUT2D eigenvalue weighted by Gasteiger charge is 2.41. The summed E-state index contributed by atoms with van der Waals surface area (Å²) in [5.74, 6) is -4.42. The van der Waals surface area contributed by atoms with Crippen LogP contribution in [0.25, 0.3) is 0 Å². The summed E-state index contributed by atoms with van der Waals surface area (Å²) >= 11 is 0. The molecule has 2 atom stereocenters. The van der Waals surface area contributed by atoms with E-state index in [1.54, 1.807) is 18.2 Å². The van der Waals surface area contributed by atoms with Crippen molar-refractivity contribution < 1.29 is 14.1 Å². The molecule has 1 aromatic rings. The predicted octanol–water partition coefficient (Wildman–Crippen LogP) is 1.84. The van der Waals surface area contributed by atoms with Crippen LogP contribution in [-0.2, 0) is 0 Å². The number of carbonyl (C=O) groups excluding carboxylic acids is 1. The van der Waals surface area contributed by atoms with Crippen LogP contribution in [0, 0.1) is 16.0 Å². The minimum Gasteiger partial charge on any atom is -0.295 e. The van der Waals surface area contributed by atoms with Crippen molar-refractivity contribution in [2.75, 3.05) is 0 Å². The summed E-state index contributed by atoms with van der Waals surface area (Å²) in [5, 5.41) is 10.7. The fourth-order valence-corrected chi connectivity index (χ4v) is 1.85. The molecule has 1 aromatic carbocycles. The van der Waals surface area contributed by atoms with Crippen molar-refractivity contribution >= 4 is 5.78 Å². The first kappa shape index (κ1) is 13.1. The van der Waals surface area contributed by atoms with E-state index < -0.39 is 22.4 Å². The van der Waals surface area contributed by atoms with Crippen LogP contribution in [0.1, 0.15) is 10.4 Å². The van der Waals surface area contributed by atoms with Gasteiger partial charge in [-0.15, -0.1) is 0 Å². The van der Waals surface area contributed by atoms with E-state index in [1.165, 1.54) is 12.1 Å². The van der Waals surface area contributed by atoms with E-state index in [9.17, 15) is 19.3 Å². The quantitative estimate of drug-likeness (QED) is 0.390. The fraction of sp³-hybridized carbons (Fsp3) is 0.154. The van der Waals surface area contributed by atoms with Gasteiger partial charge >= 0.3 is 0 Å². The monoisotopic (exact) mass is 262 g/mol. The number of nitrogens with zero attached hydrogens (tertiary/aromatic N) is 1. The summed E-state index contributed by atoms with van der Waals surface area (Å²) in [5.41, 5.74) is 5.30. The zero-order chi connectivity index (χ0) is 14.0. The van der Waals surface area contributed by atoms with Gasteiger partial charge in [-0.05, 0) is 6.08 Å². The first-order valence-corrected chi connectivity index (χ1v) is 5.54. The minimum absolute atomic E-state index is 0.259. The van der Waals surface area contributed by atoms with E-state index in [2.05, 4.69) is 0 Å². The normalized spacial score (nSPS) is 25.8. The van der Waals surface area contributed by atoms with Crippen LogP contribution in [0.3, 0.4) is 0 Å². The Morgan fingerprint density at radius 2 is 2.00 bits per heavy atom. The molecule has 98 valence electrons. The van der Waals surface area contributed by atoms with Gasteiger partial charge in [-0.25, -0.2) is 4.39 Å². The van der Waals surface area contributed by atoms with Crippen molar-refractivity contribution in [3.8, 4) is 0 Å². The largest absolute Gasteiger partial charge is 0.295 e. The molecule has 2 rings (SSSR count). The highest BCUT2D eigenvalue weighted by atomic mass is 19.1. The molecule has 1 aliphatic rings. The van der Waals surface area contributed by atoms with E-state index in [1.807, 2.05) is 0 Å². The molecule has 0 saturated carbocycles. The van der Waals surface area contributed by atoms with E-state index in [0.717, 1.165) is 18.2 Å². The lowest BCUT2D eigenvalue weighted by atomic mass is 9.85. The lowest BCUT2D eigenvalue weighted by molar-refractivity contribution is -0.419. The number of rotatable bonds is 3. The van der Waals surface area contributed by atoms with Crippen molar-refractivity contribution in [3.63, 3.8) is 0 Å². The minimum atomic E-state index is -2.42. The molecule has 0 spiro atoms. The predicted molar refractivity (Wildman–Crippen MR) is 66.5 cm³/mol. The highest BCUT2D eigenvalue weighted by molar-refractivity contribution is 6.00. The van der Waals surface area contributed by atoms with Gasteiger partial charge in [-0.2, -0.15) is 0 Å². The second-order valence-electron chi connectivity index (χ2n) is 4.22. The van der Waals surface area contributed by atoms with Crippen LogP contribution in [0.2, 0.25) is 0 Å². The van der Waals surface area contributed by atoms with E-state index in [0.29, 0.717) is 0 Å². The number of carbonyl (C=O) groups is 1. The molecule has 0 saturated heterocycles. The van der Waals surface area contributed by atoms with Crippen LogP contribution in [0.15, 0.2) is 54.3 Å². The number of Topliss-reactive ketones (excluding diaryl/α,β-unsaturated/α-hetero) is 1. The Morgan fingerprint density at radius 1 is 1.37 bits per heavy atom. The maximum Gasteiger partial charge on any atom is 0.266 e. The second kappa shape index (κ2) is 4.74. The molecule has 0 aliphatic heterocycles.